The van der Waals surface area contributed by atoms with Crippen molar-refractivity contribution in [3.63, 3.8) is 0 Å². The summed E-state index contributed by atoms with van der Waals surface area (Å²) >= 11 is 34.6. The molecule has 53 heavy (non-hydrogen) atoms. The molecule has 0 bridgehead atoms. The Morgan fingerprint density at radius 1 is 0.415 bits per heavy atom. The van der Waals surface area contributed by atoms with Crippen LogP contribution >= 0.6 is 69.6 Å². The summed E-state index contributed by atoms with van der Waals surface area (Å²) in [6, 6.07) is 2.45. The van der Waals surface area contributed by atoms with Gasteiger partial charge in [-0.15, -0.1) is 0 Å². The smallest absolute Gasteiger partial charge is 0.205 e. The first kappa shape index (κ1) is 42.3. The first-order valence-corrected chi connectivity index (χ1v) is 15.2. The molecule has 1 aliphatic carbocycles. The van der Waals surface area contributed by atoms with E-state index in [0.29, 0.717) is 6.92 Å². The van der Waals surface area contributed by atoms with Crippen LogP contribution in [0.25, 0.3) is 16.7 Å². The quantitative estimate of drug-likeness (QED) is 0.149. The predicted molar refractivity (Wildman–Crippen MR) is 162 cm³/mol. The molecule has 0 radical (unpaired) electrons. The highest BCUT2D eigenvalue weighted by atomic mass is 35.5. The molecule has 0 amide bonds. The Bertz CT molecular complexity index is 2150. The van der Waals surface area contributed by atoms with Crippen molar-refractivity contribution in [1.82, 2.24) is 0 Å². The van der Waals surface area contributed by atoms with Crippen molar-refractivity contribution in [3.05, 3.63) is 115 Å². The summed E-state index contributed by atoms with van der Waals surface area (Å²) in [6.45, 7) is 0.708. The lowest BCUT2D eigenvalue weighted by atomic mass is 9.99. The van der Waals surface area contributed by atoms with Gasteiger partial charge in [0.1, 0.15) is 28.8 Å². The van der Waals surface area contributed by atoms with Crippen LogP contribution in [0, 0.1) is 57.6 Å². The number of nitriles is 2. The number of hydrogen-bond acceptors (Lipinski definition) is 2. The van der Waals surface area contributed by atoms with Crippen molar-refractivity contribution in [1.29, 1.82) is 10.5 Å². The number of rotatable bonds is 3. The Morgan fingerprint density at radius 2 is 0.623 bits per heavy atom. The molecule has 0 saturated heterocycles. The number of nitrogens with zero attached hydrogens (tertiary/aromatic N) is 2. The van der Waals surface area contributed by atoms with Gasteiger partial charge in [0, 0.05) is 27.8 Å². The zero-order chi connectivity index (χ0) is 40.8. The van der Waals surface area contributed by atoms with Gasteiger partial charge in [-0.3, -0.25) is 0 Å². The summed E-state index contributed by atoms with van der Waals surface area (Å²) in [5.41, 5.74) is -18.5. The van der Waals surface area contributed by atoms with Gasteiger partial charge < -0.3 is 0 Å². The maximum Gasteiger partial charge on any atom is 0.422 e. The van der Waals surface area contributed by atoms with Gasteiger partial charge in [0.15, 0.2) is 34.9 Å². The second-order valence-corrected chi connectivity index (χ2v) is 12.5. The van der Waals surface area contributed by atoms with E-state index in [1.165, 1.54) is 12.1 Å². The third kappa shape index (κ3) is 6.78. The molecule has 23 heteroatoms. The lowest BCUT2D eigenvalue weighted by molar-refractivity contribution is -0.143. The van der Waals surface area contributed by atoms with E-state index in [-0.39, 0.29) is 0 Å². The molecule has 0 atom stereocenters. The number of benzene rings is 3. The van der Waals surface area contributed by atoms with E-state index >= 15 is 0 Å². The molecule has 1 saturated carbocycles. The van der Waals surface area contributed by atoms with Crippen LogP contribution in [0.2, 0.25) is 30.1 Å². The molecule has 1 fully saturated rings. The van der Waals surface area contributed by atoms with Gasteiger partial charge in [0.2, 0.25) is 0 Å². The molecule has 1 aliphatic rings. The van der Waals surface area contributed by atoms with Crippen molar-refractivity contribution in [2.24, 2.45) is 0 Å². The van der Waals surface area contributed by atoms with E-state index in [1.807, 2.05) is 0 Å². The van der Waals surface area contributed by atoms with Gasteiger partial charge >= 0.3 is 18.5 Å². The van der Waals surface area contributed by atoms with Crippen LogP contribution in [-0.4, -0.2) is 0 Å². The Morgan fingerprint density at radius 3 is 0.811 bits per heavy atom. The summed E-state index contributed by atoms with van der Waals surface area (Å²) in [4.78, 5) is 0. The van der Waals surface area contributed by atoms with Crippen LogP contribution in [0.4, 0.5) is 65.9 Å². The van der Waals surface area contributed by atoms with Crippen LogP contribution in [-0.2, 0) is 18.5 Å². The highest BCUT2D eigenvalue weighted by Gasteiger charge is 2.48. The Labute approximate surface area is 314 Å². The fourth-order valence-corrected chi connectivity index (χ4v) is 7.01. The minimum atomic E-state index is -5.81. The molecule has 3 aromatic carbocycles. The fourth-order valence-electron chi connectivity index (χ4n) is 5.07. The maximum atomic E-state index is 15.0. The van der Waals surface area contributed by atoms with E-state index in [0.717, 1.165) is 0 Å². The van der Waals surface area contributed by atoms with Crippen LogP contribution in [0.5, 0.6) is 0 Å². The molecule has 0 heterocycles. The van der Waals surface area contributed by atoms with Gasteiger partial charge in [-0.05, 0) is 18.1 Å². The van der Waals surface area contributed by atoms with Crippen LogP contribution < -0.4 is 0 Å². The summed E-state index contributed by atoms with van der Waals surface area (Å²) in [5.74, 6) is -15.3. The fraction of sp³-hybridized carbons (Fsp3) is 0.133. The SMILES string of the molecule is C/C(=C1\C(=C(C#N)c2c(Cl)c(F)c(C(F)(F)F)c(F)c2Cl)\C1=C(\C#N)c1c(Cl)c(F)c(C(F)(F)F)c(F)c1Cl)c1c(Cl)c(F)c(C(F)(F)F)c(F)c1Cl. The summed E-state index contributed by atoms with van der Waals surface area (Å²) in [5, 5.41) is 10.0. The van der Waals surface area contributed by atoms with Crippen molar-refractivity contribution in [3.8, 4) is 12.1 Å². The maximum absolute atomic E-state index is 15.0. The molecule has 280 valence electrons. The Balaban J connectivity index is 2.34. The van der Waals surface area contributed by atoms with Gasteiger partial charge in [-0.1, -0.05) is 69.6 Å². The van der Waals surface area contributed by atoms with E-state index in [9.17, 15) is 76.4 Å². The Kier molecular flexibility index (Phi) is 11.2. The summed E-state index contributed by atoms with van der Waals surface area (Å²) in [7, 11) is 0. The second kappa shape index (κ2) is 14.0. The highest BCUT2D eigenvalue weighted by Crippen LogP contribution is 2.60. The van der Waals surface area contributed by atoms with Crippen LogP contribution in [0.15, 0.2) is 16.7 Å². The monoisotopic (exact) mass is 886 g/mol. The summed E-state index contributed by atoms with van der Waals surface area (Å²) in [6.07, 6.45) is -17.4. The molecular weight excluding hydrogens is 886 g/mol. The molecule has 0 N–H and O–H groups in total. The molecule has 0 aromatic heterocycles. The van der Waals surface area contributed by atoms with E-state index in [1.54, 1.807) is 0 Å². The van der Waals surface area contributed by atoms with Gasteiger partial charge in [0.05, 0.1) is 41.3 Å². The first-order valence-electron chi connectivity index (χ1n) is 12.9. The van der Waals surface area contributed by atoms with Gasteiger partial charge in [0.25, 0.3) is 0 Å². The minimum Gasteiger partial charge on any atom is -0.205 e. The number of halogens is 21. The topological polar surface area (TPSA) is 47.6 Å². The number of hydrogen-bond donors (Lipinski definition) is 0. The Hall–Kier alpha value is -3.45. The van der Waals surface area contributed by atoms with Crippen molar-refractivity contribution in [2.75, 3.05) is 0 Å². The standard InChI is InChI=1S/C30H3Cl6F15N2/c1-4(8-16(31)22(37)13(28(43,44)45)23(38)17(8)32)7-9(5(2-52)11-18(33)24(39)14(29(46,47)48)25(40)19(11)34)10(7)6(3-53)12-20(35)26(41)15(30(49,50)51)27(42)21(12)36/h1H3/b7-4-,9-5?,10-6-. The molecule has 0 unspecified atom stereocenters. The number of allylic oxidation sites excluding steroid dienone is 6. The lowest BCUT2D eigenvalue weighted by Gasteiger charge is -2.16. The van der Waals surface area contributed by atoms with Crippen LogP contribution in [0.3, 0.4) is 0 Å². The molecular formula is C30H3Cl6F15N2. The van der Waals surface area contributed by atoms with E-state index in [4.69, 9.17) is 69.6 Å². The van der Waals surface area contributed by atoms with Crippen LogP contribution in [0.1, 0.15) is 40.3 Å². The van der Waals surface area contributed by atoms with Crippen molar-refractivity contribution >= 4 is 86.3 Å². The molecule has 4 rings (SSSR count). The van der Waals surface area contributed by atoms with Gasteiger partial charge in [-0.25, -0.2) is 26.3 Å². The minimum absolute atomic E-state index is 0.708. The average molecular weight is 889 g/mol. The van der Waals surface area contributed by atoms with Gasteiger partial charge in [-0.2, -0.15) is 50.0 Å². The summed E-state index contributed by atoms with van der Waals surface area (Å²) < 4.78 is 211. The molecule has 0 spiro atoms. The molecule has 2 nitrogen and oxygen atoms in total. The first-order chi connectivity index (χ1) is 24.1. The third-order valence-corrected chi connectivity index (χ3v) is 9.43. The lowest BCUT2D eigenvalue weighted by Crippen LogP contribution is -2.14. The predicted octanol–water partition coefficient (Wildman–Crippen LogP) is 14.2. The molecule has 3 aromatic rings. The van der Waals surface area contributed by atoms with E-state index < -0.39 is 150 Å². The largest absolute Gasteiger partial charge is 0.422 e. The van der Waals surface area contributed by atoms with Crippen molar-refractivity contribution in [2.45, 2.75) is 25.5 Å². The number of alkyl halides is 9. The van der Waals surface area contributed by atoms with E-state index in [2.05, 4.69) is 0 Å². The molecule has 0 aliphatic heterocycles. The second-order valence-electron chi connectivity index (χ2n) is 10.2. The van der Waals surface area contributed by atoms with Crippen molar-refractivity contribution < 1.29 is 65.9 Å². The highest BCUT2D eigenvalue weighted by molar-refractivity contribution is 6.41. The average Bonchev–Trinajstić information content (AvgIpc) is 3.75. The third-order valence-electron chi connectivity index (χ3n) is 7.30. The normalized spacial score (nSPS) is 16.4. The zero-order valence-electron chi connectivity index (χ0n) is 24.3. The zero-order valence-corrected chi connectivity index (χ0v) is 28.9.